The minimum absolute atomic E-state index is 0.314. The molecule has 1 aromatic heterocycles. The maximum atomic E-state index is 10.6. The van der Waals surface area contributed by atoms with Crippen molar-refractivity contribution in [2.24, 2.45) is 0 Å². The van der Waals surface area contributed by atoms with Crippen molar-refractivity contribution in [1.29, 1.82) is 0 Å². The molecule has 0 amide bonds. The lowest BCUT2D eigenvalue weighted by atomic mass is 10.1. The number of aryl methyl sites for hydroxylation is 1. The highest BCUT2D eigenvalue weighted by atomic mass is 35.5. The number of nitro groups is 1. The molecule has 0 radical (unpaired) electrons. The van der Waals surface area contributed by atoms with Gasteiger partial charge in [0.25, 0.3) is 0 Å². The van der Waals surface area contributed by atoms with Crippen molar-refractivity contribution in [3.05, 3.63) is 57.3 Å². The van der Waals surface area contributed by atoms with Gasteiger partial charge in [-0.3, -0.25) is 10.1 Å². The molecule has 1 heterocycles. The van der Waals surface area contributed by atoms with Crippen molar-refractivity contribution in [2.75, 3.05) is 7.11 Å². The largest absolute Gasteiger partial charge is 0.496 e. The van der Waals surface area contributed by atoms with Gasteiger partial charge in [-0.05, 0) is 30.2 Å². The second-order valence-electron chi connectivity index (χ2n) is 4.02. The Morgan fingerprint density at radius 2 is 2.11 bits per heavy atom. The summed E-state index contributed by atoms with van der Waals surface area (Å²) in [6, 6.07) is 8.27. The van der Waals surface area contributed by atoms with Crippen LogP contribution in [-0.4, -0.2) is 12.0 Å². The molecule has 0 aliphatic rings. The molecule has 2 aromatic rings. The van der Waals surface area contributed by atoms with Gasteiger partial charge < -0.3 is 9.15 Å². The molecule has 5 nitrogen and oxygen atoms in total. The summed E-state index contributed by atoms with van der Waals surface area (Å²) in [7, 11) is 1.59. The van der Waals surface area contributed by atoms with Crippen molar-refractivity contribution in [3.8, 4) is 5.75 Å². The molecule has 19 heavy (non-hydrogen) atoms. The van der Waals surface area contributed by atoms with Crippen LogP contribution in [0, 0.1) is 17.0 Å². The minimum Gasteiger partial charge on any atom is -0.496 e. The van der Waals surface area contributed by atoms with Gasteiger partial charge in [0.05, 0.1) is 13.2 Å². The Kier molecular flexibility index (Phi) is 3.76. The number of methoxy groups -OCH3 is 1. The van der Waals surface area contributed by atoms with Crippen molar-refractivity contribution < 1.29 is 14.1 Å². The summed E-state index contributed by atoms with van der Waals surface area (Å²) in [4.78, 5) is 9.97. The molecule has 0 aliphatic heterocycles. The van der Waals surface area contributed by atoms with Gasteiger partial charge >= 0.3 is 5.88 Å². The van der Waals surface area contributed by atoms with Crippen LogP contribution in [-0.2, 0) is 0 Å². The van der Waals surface area contributed by atoms with Gasteiger partial charge in [0.15, 0.2) is 0 Å². The number of rotatable bonds is 4. The molecule has 0 N–H and O–H groups in total. The van der Waals surface area contributed by atoms with Crippen molar-refractivity contribution in [2.45, 2.75) is 12.3 Å². The molecule has 1 unspecified atom stereocenters. The number of furan rings is 1. The average molecular weight is 282 g/mol. The Morgan fingerprint density at radius 3 is 2.63 bits per heavy atom. The predicted octanol–water partition coefficient (Wildman–Crippen LogP) is 3.83. The van der Waals surface area contributed by atoms with Crippen LogP contribution >= 0.6 is 11.6 Å². The predicted molar refractivity (Wildman–Crippen MR) is 70.8 cm³/mol. The van der Waals surface area contributed by atoms with E-state index in [1.54, 1.807) is 19.2 Å². The molecular formula is C13H12ClNO4. The van der Waals surface area contributed by atoms with Gasteiger partial charge in [-0.15, -0.1) is 11.6 Å². The number of hydrogen-bond donors (Lipinski definition) is 0. The molecule has 0 saturated carbocycles. The second-order valence-corrected chi connectivity index (χ2v) is 4.46. The summed E-state index contributed by atoms with van der Waals surface area (Å²) in [6.45, 7) is 1.90. The number of alkyl halides is 1. The van der Waals surface area contributed by atoms with Crippen molar-refractivity contribution in [1.82, 2.24) is 0 Å². The van der Waals surface area contributed by atoms with E-state index in [9.17, 15) is 10.1 Å². The molecule has 6 heteroatoms. The number of halogens is 1. The summed E-state index contributed by atoms with van der Waals surface area (Å²) in [5.41, 5.74) is 1.73. The smallest absolute Gasteiger partial charge is 0.433 e. The first-order valence-electron chi connectivity index (χ1n) is 5.55. The minimum atomic E-state index is -0.591. The van der Waals surface area contributed by atoms with E-state index in [0.29, 0.717) is 5.76 Å². The van der Waals surface area contributed by atoms with Gasteiger partial charge in [0.1, 0.15) is 21.8 Å². The van der Waals surface area contributed by atoms with Crippen LogP contribution in [0.15, 0.2) is 34.7 Å². The first kappa shape index (κ1) is 13.4. The van der Waals surface area contributed by atoms with Crippen LogP contribution in [0.3, 0.4) is 0 Å². The highest BCUT2D eigenvalue weighted by molar-refractivity contribution is 6.22. The quantitative estimate of drug-likeness (QED) is 0.485. The Hall–Kier alpha value is -2.01. The maximum Gasteiger partial charge on any atom is 0.433 e. The van der Waals surface area contributed by atoms with E-state index in [0.717, 1.165) is 16.9 Å². The highest BCUT2D eigenvalue weighted by Crippen LogP contribution is 2.33. The van der Waals surface area contributed by atoms with Gasteiger partial charge in [0, 0.05) is 0 Å². The van der Waals surface area contributed by atoms with Crippen molar-refractivity contribution in [3.63, 3.8) is 0 Å². The van der Waals surface area contributed by atoms with Gasteiger partial charge in [0.2, 0.25) is 0 Å². The third-order valence-electron chi connectivity index (χ3n) is 2.75. The fourth-order valence-electron chi connectivity index (χ4n) is 1.80. The first-order chi connectivity index (χ1) is 9.02. The van der Waals surface area contributed by atoms with Crippen LogP contribution in [0.1, 0.15) is 22.3 Å². The van der Waals surface area contributed by atoms with E-state index in [2.05, 4.69) is 0 Å². The Morgan fingerprint density at radius 1 is 1.37 bits per heavy atom. The molecule has 100 valence electrons. The number of nitrogens with zero attached hydrogens (tertiary/aromatic N) is 1. The molecule has 1 aromatic carbocycles. The molecular weight excluding hydrogens is 270 g/mol. The van der Waals surface area contributed by atoms with Crippen LogP contribution in [0.4, 0.5) is 5.88 Å². The van der Waals surface area contributed by atoms with Crippen molar-refractivity contribution >= 4 is 17.5 Å². The van der Waals surface area contributed by atoms with E-state index in [1.807, 2.05) is 13.0 Å². The Bertz CT molecular complexity index is 608. The number of ether oxygens (including phenoxy) is 1. The van der Waals surface area contributed by atoms with Crippen LogP contribution in [0.2, 0.25) is 0 Å². The second kappa shape index (κ2) is 5.32. The normalized spacial score (nSPS) is 12.2. The fraction of sp³-hybridized carbons (Fsp3) is 0.231. The zero-order valence-corrected chi connectivity index (χ0v) is 11.2. The molecule has 0 fully saturated rings. The van der Waals surface area contributed by atoms with E-state index in [-0.39, 0.29) is 5.88 Å². The molecule has 0 spiro atoms. The fourth-order valence-corrected chi connectivity index (χ4v) is 2.05. The zero-order chi connectivity index (χ0) is 14.0. The molecule has 1 atom stereocenters. The van der Waals surface area contributed by atoms with Gasteiger partial charge in [-0.2, -0.15) is 0 Å². The van der Waals surface area contributed by atoms with Gasteiger partial charge in [-0.1, -0.05) is 12.1 Å². The summed E-state index contributed by atoms with van der Waals surface area (Å²) in [5.74, 6) is 0.793. The lowest BCUT2D eigenvalue weighted by Crippen LogP contribution is -1.94. The van der Waals surface area contributed by atoms with Gasteiger partial charge in [-0.25, -0.2) is 0 Å². The summed E-state index contributed by atoms with van der Waals surface area (Å²) < 4.78 is 10.3. The summed E-state index contributed by atoms with van der Waals surface area (Å²) in [5, 5.41) is 9.99. The topological polar surface area (TPSA) is 65.5 Å². The highest BCUT2D eigenvalue weighted by Gasteiger charge is 2.20. The third-order valence-corrected chi connectivity index (χ3v) is 3.22. The zero-order valence-electron chi connectivity index (χ0n) is 10.4. The monoisotopic (exact) mass is 281 g/mol. The maximum absolute atomic E-state index is 10.6. The molecule has 0 aliphatic carbocycles. The lowest BCUT2D eigenvalue weighted by Gasteiger charge is -2.10. The SMILES string of the molecule is COc1ccc(C(Cl)c2ccc([N+](=O)[O-])o2)cc1C. The van der Waals surface area contributed by atoms with E-state index in [4.69, 9.17) is 20.8 Å². The van der Waals surface area contributed by atoms with Crippen LogP contribution < -0.4 is 4.74 Å². The molecule has 0 bridgehead atoms. The number of benzene rings is 1. The number of hydrogen-bond acceptors (Lipinski definition) is 4. The van der Waals surface area contributed by atoms with Crippen LogP contribution in [0.5, 0.6) is 5.75 Å². The molecule has 0 saturated heterocycles. The summed E-state index contributed by atoms with van der Waals surface area (Å²) >= 11 is 6.26. The first-order valence-corrected chi connectivity index (χ1v) is 5.99. The standard InChI is InChI=1S/C13H12ClNO4/c1-8-7-9(3-4-10(8)18-2)13(14)11-5-6-12(19-11)15(16)17/h3-7,13H,1-2H3. The third kappa shape index (κ3) is 2.71. The Labute approximate surface area is 114 Å². The lowest BCUT2D eigenvalue weighted by molar-refractivity contribution is -0.402. The Balaban J connectivity index is 2.30. The molecule has 2 rings (SSSR count). The van der Waals surface area contributed by atoms with E-state index in [1.165, 1.54) is 12.1 Å². The average Bonchev–Trinajstić information content (AvgIpc) is 2.87. The summed E-state index contributed by atoms with van der Waals surface area (Å²) in [6.07, 6.45) is 0. The van der Waals surface area contributed by atoms with E-state index < -0.39 is 10.3 Å². The van der Waals surface area contributed by atoms with Crippen LogP contribution in [0.25, 0.3) is 0 Å². The van der Waals surface area contributed by atoms with E-state index >= 15 is 0 Å².